The van der Waals surface area contributed by atoms with Crippen molar-refractivity contribution >= 4 is 105 Å². The zero-order chi connectivity index (χ0) is 83.4. The number of benzene rings is 2. The number of phenolic OH excluding ortho intramolecular Hbond substituents is 1. The zero-order valence-corrected chi connectivity index (χ0v) is 64.4. The van der Waals surface area contributed by atoms with Crippen LogP contribution in [0.4, 0.5) is 0 Å². The molecule has 16 amide bonds. The number of aliphatic hydroxyl groups is 2. The molecule has 2 aromatic carbocycles. The van der Waals surface area contributed by atoms with Crippen LogP contribution in [-0.2, 0) is 96.0 Å². The second-order valence-electron chi connectivity index (χ2n) is 29.0. The Morgan fingerprint density at radius 1 is 0.571 bits per heavy atom. The number of nitrogens with two attached hydrogens (primary N) is 3. The number of carbonyl (C=O) groups excluding carboxylic acids is 16. The highest BCUT2D eigenvalue weighted by Gasteiger charge is 2.40. The quantitative estimate of drug-likeness (QED) is 0.0196. The fourth-order valence-electron chi connectivity index (χ4n) is 12.2. The molecule has 4 aromatic rings. The van der Waals surface area contributed by atoms with E-state index in [2.05, 4.69) is 78.8 Å². The van der Waals surface area contributed by atoms with Gasteiger partial charge in [-0.15, -0.1) is 0 Å². The Morgan fingerprint density at radius 3 is 1.64 bits per heavy atom. The first-order valence-corrected chi connectivity index (χ1v) is 36.8. The summed E-state index contributed by atoms with van der Waals surface area (Å²) >= 11 is 0. The fraction of sp³-hybridized carbons (Fsp3) is 0.548. The van der Waals surface area contributed by atoms with Crippen LogP contribution in [0.5, 0.6) is 5.75 Å². The maximum Gasteiger partial charge on any atom is 0.245 e. The molecule has 23 N–H and O–H groups in total. The number of nitrogens with zero attached hydrogens (tertiary/aromatic N) is 3. The van der Waals surface area contributed by atoms with Crippen molar-refractivity contribution in [2.45, 2.75) is 199 Å². The van der Waals surface area contributed by atoms with Crippen LogP contribution >= 0.6 is 0 Å². The molecule has 3 heterocycles. The largest absolute Gasteiger partial charge is 0.508 e. The van der Waals surface area contributed by atoms with E-state index in [4.69, 9.17) is 17.2 Å². The van der Waals surface area contributed by atoms with Gasteiger partial charge in [0.05, 0.1) is 45.1 Å². The molecule has 1 fully saturated rings. The van der Waals surface area contributed by atoms with E-state index in [0.29, 0.717) is 23.2 Å². The number of rotatable bonds is 44. The molecule has 0 radical (unpaired) electrons. The summed E-state index contributed by atoms with van der Waals surface area (Å²) < 4.78 is 0. The number of primary amides is 2. The summed E-state index contributed by atoms with van der Waals surface area (Å²) in [6, 6.07) is -4.54. The van der Waals surface area contributed by atoms with E-state index in [1.165, 1.54) is 69.5 Å². The van der Waals surface area contributed by atoms with E-state index in [-0.39, 0.29) is 75.0 Å². The minimum atomic E-state index is -1.88. The van der Waals surface area contributed by atoms with Crippen LogP contribution in [0.2, 0.25) is 0 Å². The van der Waals surface area contributed by atoms with Gasteiger partial charge >= 0.3 is 0 Å². The molecule has 0 saturated carbocycles. The first-order valence-electron chi connectivity index (χ1n) is 36.8. The van der Waals surface area contributed by atoms with Gasteiger partial charge in [0.2, 0.25) is 94.5 Å². The van der Waals surface area contributed by atoms with Gasteiger partial charge in [-0.1, -0.05) is 71.9 Å². The van der Waals surface area contributed by atoms with Crippen molar-refractivity contribution in [2.75, 3.05) is 39.8 Å². The molecule has 39 nitrogen and oxygen atoms in total. The number of carbonyl (C=O) groups is 16. The average Bonchev–Trinajstić information content (AvgIpc) is 1.62. The van der Waals surface area contributed by atoms with Crippen LogP contribution in [-0.4, -0.2) is 253 Å². The molecule has 2 aromatic heterocycles. The molecule has 39 heteroatoms. The van der Waals surface area contributed by atoms with Crippen LogP contribution in [0, 0.1) is 17.8 Å². The lowest BCUT2D eigenvalue weighted by molar-refractivity contribution is -0.140. The second kappa shape index (κ2) is 43.7. The Kier molecular flexibility index (Phi) is 35.5. The lowest BCUT2D eigenvalue weighted by atomic mass is 9.99. The number of fused-ring (bicyclic) bond motifs is 1. The number of aliphatic hydroxyl groups excluding tert-OH is 2. The molecule has 0 spiro atoms. The maximum absolute atomic E-state index is 14.5. The van der Waals surface area contributed by atoms with Gasteiger partial charge in [0.15, 0.2) is 0 Å². The minimum Gasteiger partial charge on any atom is -0.508 e. The third-order valence-corrected chi connectivity index (χ3v) is 18.1. The first-order chi connectivity index (χ1) is 52.8. The molecular formula is C73H108N20O19. The first kappa shape index (κ1) is 91.0. The van der Waals surface area contributed by atoms with E-state index in [9.17, 15) is 92.0 Å². The van der Waals surface area contributed by atoms with Crippen LogP contribution in [0.15, 0.2) is 67.3 Å². The van der Waals surface area contributed by atoms with Crippen molar-refractivity contribution in [3.63, 3.8) is 0 Å². The van der Waals surface area contributed by atoms with E-state index >= 15 is 0 Å². The van der Waals surface area contributed by atoms with Crippen molar-refractivity contribution in [3.8, 4) is 5.75 Å². The summed E-state index contributed by atoms with van der Waals surface area (Å²) in [6.45, 7) is 11.3. The van der Waals surface area contributed by atoms with Crippen molar-refractivity contribution < 1.29 is 92.0 Å². The number of aromatic nitrogens is 3. The van der Waals surface area contributed by atoms with Crippen molar-refractivity contribution in [1.82, 2.24) is 88.6 Å². The van der Waals surface area contributed by atoms with E-state index in [1.54, 1.807) is 72.0 Å². The van der Waals surface area contributed by atoms with Crippen LogP contribution in [0.25, 0.3) is 10.9 Å². The van der Waals surface area contributed by atoms with Crippen molar-refractivity contribution in [2.24, 2.45) is 35.0 Å². The number of aromatic hydroxyl groups is 1. The second-order valence-corrected chi connectivity index (χ2v) is 29.0. The third-order valence-electron chi connectivity index (χ3n) is 18.1. The number of phenols is 1. The normalized spacial score (nSPS) is 15.9. The van der Waals surface area contributed by atoms with Gasteiger partial charge in [0.1, 0.15) is 78.3 Å². The Labute approximate surface area is 646 Å². The lowest BCUT2D eigenvalue weighted by Crippen LogP contribution is -2.62. The Balaban J connectivity index is 1.22. The molecular weight excluding hydrogens is 1460 g/mol. The predicted molar refractivity (Wildman–Crippen MR) is 403 cm³/mol. The highest BCUT2D eigenvalue weighted by molar-refractivity contribution is 6.01. The molecule has 0 unspecified atom stereocenters. The van der Waals surface area contributed by atoms with Gasteiger partial charge in [-0.05, 0) is 100.0 Å². The van der Waals surface area contributed by atoms with Crippen molar-refractivity contribution in [1.29, 1.82) is 0 Å². The smallest absolute Gasteiger partial charge is 0.245 e. The van der Waals surface area contributed by atoms with Gasteiger partial charge < -0.3 is 116 Å². The molecule has 0 bridgehead atoms. The SMILES string of the molecule is CC(C)C[C@H](NC(=O)[C@H](CC(C)C)NC(=O)[C@H](Cc1ccc(O)cc1)NC(=O)CN(C)C(=O)[C@H](C)NC(=O)[C@H](CO)NC(=O)[C@H](CC(N)=O)NC(=O)[C@H](CC(C)C)NC(=O)[C@@H](NC(=O)[C@H](Cc1c[nH]c2ccccc12)NC(=O)CN)[C@@H](C)O)C(=O)NCC(=O)N1CCC[C@H]1C(=O)N[C@@H](Cc1cnc[nH]1)C(=O)N[C@@H](C)C(N)=O. The summed E-state index contributed by atoms with van der Waals surface area (Å²) in [6.07, 6.45) is 2.12. The molecule has 614 valence electrons. The van der Waals surface area contributed by atoms with E-state index in [0.717, 1.165) is 15.8 Å². The molecule has 13 atom stereocenters. The predicted octanol–water partition coefficient (Wildman–Crippen LogP) is -5.61. The maximum atomic E-state index is 14.5. The summed E-state index contributed by atoms with van der Waals surface area (Å²) in [7, 11) is 1.18. The molecule has 1 aliphatic rings. The number of H-pyrrole nitrogens is 2. The summed E-state index contributed by atoms with van der Waals surface area (Å²) in [4.78, 5) is 230. The Bertz CT molecular complexity index is 3960. The number of hydrogen-bond donors (Lipinski definition) is 20. The molecule has 5 rings (SSSR count). The summed E-state index contributed by atoms with van der Waals surface area (Å²) in [5.74, 6) is -15.5. The third kappa shape index (κ3) is 28.7. The fourth-order valence-corrected chi connectivity index (χ4v) is 12.2. The van der Waals surface area contributed by atoms with Gasteiger partial charge in [-0.25, -0.2) is 4.98 Å². The minimum absolute atomic E-state index is 0.0000392. The van der Waals surface area contributed by atoms with E-state index in [1.807, 2.05) is 0 Å². The summed E-state index contributed by atoms with van der Waals surface area (Å²) in [5, 5.41) is 61.9. The van der Waals surface area contributed by atoms with E-state index < -0.39 is 206 Å². The average molecular weight is 1570 g/mol. The van der Waals surface area contributed by atoms with Gasteiger partial charge in [-0.2, -0.15) is 0 Å². The van der Waals surface area contributed by atoms with Crippen molar-refractivity contribution in [3.05, 3.63) is 84.1 Å². The number of imidazole rings is 1. The standard InChI is InChI=1S/C73H108N20O19/c1-36(2)22-48(63(102)79-32-60(100)93-21-13-16-56(93)71(110)88-53(27-44-31-77-35-80-44)64(103)81-39(7)62(76)101)85-65(104)49(23-37(3)4)86-67(106)51(25-42-17-19-45(96)20-18-42)84-59(99)33-92(10)73(112)40(8)82-70(109)55(34-94)90-68(107)54(28-57(75)97)87-66(105)50(24-38(5)6)89-72(111)61(41(9)95)91-69(108)52(83-58(98)29-74)26-43-30-78-47-15-12-11-14-46(43)47/h11-12,14-15,17-20,30-31,35-41,48-56,61,78,94-96H,13,16,21-29,32-34,74H2,1-10H3,(H2,75,97)(H2,76,101)(H,77,80)(H,79,102)(H,81,103)(H,82,109)(H,83,98)(H,84,99)(H,85,104)(H,86,106)(H,87,105)(H,88,110)(H,89,111)(H,90,107)(H,91,108)/t39-,40-,41+,48-,49-,50-,51-,52-,53-,54-,55-,56-,61-/m0/s1. The van der Waals surface area contributed by atoms with Gasteiger partial charge in [0.25, 0.3) is 0 Å². The number of likely N-dealkylation sites (tertiary alicyclic amines) is 1. The van der Waals surface area contributed by atoms with Gasteiger partial charge in [-0.3, -0.25) is 76.7 Å². The number of amides is 16. The van der Waals surface area contributed by atoms with Crippen LogP contribution in [0.1, 0.15) is 118 Å². The Morgan fingerprint density at radius 2 is 1.08 bits per heavy atom. The number of hydrogen-bond acceptors (Lipinski definition) is 21. The molecule has 112 heavy (non-hydrogen) atoms. The van der Waals surface area contributed by atoms with Crippen LogP contribution in [0.3, 0.4) is 0 Å². The monoisotopic (exact) mass is 1570 g/mol. The summed E-state index contributed by atoms with van der Waals surface area (Å²) in [5.41, 5.74) is 18.6. The van der Waals surface area contributed by atoms with Gasteiger partial charge in [0, 0.05) is 61.8 Å². The molecule has 1 aliphatic heterocycles. The van der Waals surface area contributed by atoms with Crippen LogP contribution < -0.4 is 81.0 Å². The Hall–Kier alpha value is -11.6. The molecule has 1 saturated heterocycles. The highest BCUT2D eigenvalue weighted by atomic mass is 16.3. The number of para-hydroxylation sites is 1. The lowest BCUT2D eigenvalue weighted by Gasteiger charge is -2.28. The number of likely N-dealkylation sites (N-methyl/N-ethyl adjacent to an activating group) is 1. The topological polar surface area (TPSA) is 607 Å². The number of aromatic amines is 2. The molecule has 0 aliphatic carbocycles. The zero-order valence-electron chi connectivity index (χ0n) is 64.4. The number of nitrogens with one attached hydrogen (secondary N) is 14. The highest BCUT2D eigenvalue weighted by Crippen LogP contribution is 2.22.